The number of carbonyl (C=O) groups is 2. The molecule has 0 bridgehead atoms. The molecule has 1 saturated carbocycles. The van der Waals surface area contributed by atoms with Crippen LogP contribution in [0.4, 0.5) is 5.69 Å². The van der Waals surface area contributed by atoms with Crippen LogP contribution in [0.1, 0.15) is 31.4 Å². The lowest BCUT2D eigenvalue weighted by Gasteiger charge is -2.27. The molecule has 5 nitrogen and oxygen atoms in total. The van der Waals surface area contributed by atoms with E-state index >= 15 is 0 Å². The number of carbonyl (C=O) groups excluding carboxylic acids is 2. The maximum absolute atomic E-state index is 12.4. The second kappa shape index (κ2) is 8.60. The van der Waals surface area contributed by atoms with Crippen molar-refractivity contribution in [2.75, 3.05) is 5.32 Å². The fourth-order valence-electron chi connectivity index (χ4n) is 3.22. The van der Waals surface area contributed by atoms with E-state index in [9.17, 15) is 9.59 Å². The summed E-state index contributed by atoms with van der Waals surface area (Å²) in [5.41, 5.74) is 0.589. The van der Waals surface area contributed by atoms with Crippen LogP contribution in [0.25, 0.3) is 0 Å². The normalized spacial score (nSPS) is 19.8. The second-order valence-electron chi connectivity index (χ2n) is 6.49. The van der Waals surface area contributed by atoms with Crippen molar-refractivity contribution in [2.24, 2.45) is 11.8 Å². The third kappa shape index (κ3) is 5.02. The highest BCUT2D eigenvalue weighted by Gasteiger charge is 2.30. The first-order chi connectivity index (χ1) is 12.5. The number of amides is 2. The molecule has 3 rings (SSSR count). The highest BCUT2D eigenvalue weighted by Crippen LogP contribution is 2.30. The van der Waals surface area contributed by atoms with Crippen LogP contribution in [0.5, 0.6) is 0 Å². The topological polar surface area (TPSA) is 71.3 Å². The molecule has 0 aliphatic heterocycles. The molecular weight excluding hydrogens is 375 g/mol. The number of anilines is 1. The van der Waals surface area contributed by atoms with Gasteiger partial charge in [0.15, 0.2) is 0 Å². The zero-order valence-electron chi connectivity index (χ0n) is 14.1. The Morgan fingerprint density at radius 1 is 1.00 bits per heavy atom. The molecule has 2 amide bonds. The van der Waals surface area contributed by atoms with E-state index in [0.29, 0.717) is 48.0 Å². The molecule has 7 heteroatoms. The van der Waals surface area contributed by atoms with E-state index in [1.807, 2.05) is 6.07 Å². The lowest BCUT2D eigenvalue weighted by atomic mass is 9.81. The van der Waals surface area contributed by atoms with Crippen molar-refractivity contribution in [2.45, 2.75) is 32.2 Å². The van der Waals surface area contributed by atoms with Crippen LogP contribution in [0.2, 0.25) is 10.0 Å². The predicted octanol–water partition coefficient (Wildman–Crippen LogP) is 4.65. The number of furan rings is 1. The van der Waals surface area contributed by atoms with Crippen molar-refractivity contribution in [3.05, 3.63) is 52.4 Å². The summed E-state index contributed by atoms with van der Waals surface area (Å²) in [5, 5.41) is 6.70. The van der Waals surface area contributed by atoms with Gasteiger partial charge in [0.05, 0.1) is 12.8 Å². The predicted molar refractivity (Wildman–Crippen MR) is 101 cm³/mol. The highest BCUT2D eigenvalue weighted by molar-refractivity contribution is 6.35. The molecule has 0 saturated heterocycles. The largest absolute Gasteiger partial charge is 0.467 e. The van der Waals surface area contributed by atoms with Crippen LogP contribution in [-0.4, -0.2) is 11.8 Å². The molecule has 1 aliphatic rings. The number of halogens is 2. The van der Waals surface area contributed by atoms with E-state index in [4.69, 9.17) is 27.6 Å². The molecule has 2 N–H and O–H groups in total. The summed E-state index contributed by atoms with van der Waals surface area (Å²) in [5.74, 6) is 0.516. The summed E-state index contributed by atoms with van der Waals surface area (Å²) >= 11 is 11.9. The van der Waals surface area contributed by atoms with Gasteiger partial charge in [-0.25, -0.2) is 0 Å². The van der Waals surface area contributed by atoms with Gasteiger partial charge >= 0.3 is 0 Å². The Hall–Kier alpha value is -1.98. The summed E-state index contributed by atoms with van der Waals surface area (Å²) in [6.07, 6.45) is 4.33. The number of nitrogens with one attached hydrogen (secondary N) is 2. The summed E-state index contributed by atoms with van der Waals surface area (Å²) in [6, 6.07) is 8.56. The molecular formula is C19H20Cl2N2O3. The minimum Gasteiger partial charge on any atom is -0.467 e. The number of benzene rings is 1. The van der Waals surface area contributed by atoms with Crippen molar-refractivity contribution < 1.29 is 14.0 Å². The Morgan fingerprint density at radius 2 is 1.62 bits per heavy atom. The zero-order chi connectivity index (χ0) is 18.5. The Bertz CT molecular complexity index is 749. The van der Waals surface area contributed by atoms with Crippen LogP contribution in [0, 0.1) is 11.8 Å². The van der Waals surface area contributed by atoms with E-state index in [1.54, 1.807) is 30.5 Å². The molecule has 1 aliphatic carbocycles. The van der Waals surface area contributed by atoms with Gasteiger partial charge in [-0.1, -0.05) is 23.2 Å². The molecule has 0 atom stereocenters. The van der Waals surface area contributed by atoms with Gasteiger partial charge in [0, 0.05) is 27.6 Å². The standard InChI is InChI=1S/C19H20Cl2N2O3/c20-14-8-15(21)10-16(9-14)23-19(25)13-5-3-12(4-6-13)18(24)22-11-17-2-1-7-26-17/h1-2,7-10,12-13H,3-6,11H2,(H,22,24)(H,23,25). The van der Waals surface area contributed by atoms with Gasteiger partial charge in [0.2, 0.25) is 11.8 Å². The number of rotatable bonds is 5. The van der Waals surface area contributed by atoms with Crippen molar-refractivity contribution in [1.29, 1.82) is 0 Å². The number of hydrogen-bond acceptors (Lipinski definition) is 3. The first kappa shape index (κ1) is 18.8. The van der Waals surface area contributed by atoms with Crippen LogP contribution < -0.4 is 10.6 Å². The Balaban J connectivity index is 1.46. The lowest BCUT2D eigenvalue weighted by molar-refractivity contribution is -0.128. The van der Waals surface area contributed by atoms with Gasteiger partial charge in [0.1, 0.15) is 5.76 Å². The van der Waals surface area contributed by atoms with Crippen molar-refractivity contribution in [3.63, 3.8) is 0 Å². The summed E-state index contributed by atoms with van der Waals surface area (Å²) < 4.78 is 5.21. The fraction of sp³-hybridized carbons (Fsp3) is 0.368. The van der Waals surface area contributed by atoms with E-state index in [-0.39, 0.29) is 23.7 Å². The van der Waals surface area contributed by atoms with Crippen molar-refractivity contribution >= 4 is 40.7 Å². The molecule has 1 heterocycles. The van der Waals surface area contributed by atoms with Crippen LogP contribution >= 0.6 is 23.2 Å². The summed E-state index contributed by atoms with van der Waals surface area (Å²) in [6.45, 7) is 0.391. The van der Waals surface area contributed by atoms with Crippen LogP contribution in [-0.2, 0) is 16.1 Å². The molecule has 1 fully saturated rings. The second-order valence-corrected chi connectivity index (χ2v) is 7.37. The third-order valence-corrected chi connectivity index (χ3v) is 5.05. The fourth-order valence-corrected chi connectivity index (χ4v) is 3.75. The maximum Gasteiger partial charge on any atom is 0.227 e. The van der Waals surface area contributed by atoms with Crippen LogP contribution in [0.3, 0.4) is 0 Å². The average Bonchev–Trinajstić information content (AvgIpc) is 3.12. The molecule has 2 aromatic rings. The lowest BCUT2D eigenvalue weighted by Crippen LogP contribution is -2.35. The molecule has 138 valence electrons. The van der Waals surface area contributed by atoms with Gasteiger partial charge in [-0.15, -0.1) is 0 Å². The van der Waals surface area contributed by atoms with Crippen LogP contribution in [0.15, 0.2) is 41.0 Å². The van der Waals surface area contributed by atoms with Gasteiger partial charge < -0.3 is 15.1 Å². The van der Waals surface area contributed by atoms with Gasteiger partial charge in [-0.3, -0.25) is 9.59 Å². The first-order valence-corrected chi connectivity index (χ1v) is 9.34. The maximum atomic E-state index is 12.4. The Labute approximate surface area is 162 Å². The van der Waals surface area contributed by atoms with E-state index < -0.39 is 0 Å². The summed E-state index contributed by atoms with van der Waals surface area (Å²) in [4.78, 5) is 24.7. The minimum absolute atomic E-state index is 0.0156. The first-order valence-electron chi connectivity index (χ1n) is 8.58. The molecule has 0 radical (unpaired) electrons. The average molecular weight is 395 g/mol. The quantitative estimate of drug-likeness (QED) is 0.774. The molecule has 0 unspecified atom stereocenters. The molecule has 26 heavy (non-hydrogen) atoms. The van der Waals surface area contributed by atoms with Crippen molar-refractivity contribution in [3.8, 4) is 0 Å². The highest BCUT2D eigenvalue weighted by atomic mass is 35.5. The van der Waals surface area contributed by atoms with E-state index in [0.717, 1.165) is 5.76 Å². The number of hydrogen-bond donors (Lipinski definition) is 2. The molecule has 1 aromatic carbocycles. The third-order valence-electron chi connectivity index (χ3n) is 4.62. The SMILES string of the molecule is O=C(NCc1ccco1)C1CCC(C(=O)Nc2cc(Cl)cc(Cl)c2)CC1. The molecule has 1 aromatic heterocycles. The smallest absolute Gasteiger partial charge is 0.227 e. The zero-order valence-corrected chi connectivity index (χ0v) is 15.6. The van der Waals surface area contributed by atoms with Crippen molar-refractivity contribution in [1.82, 2.24) is 5.32 Å². The van der Waals surface area contributed by atoms with Gasteiger partial charge in [0.25, 0.3) is 0 Å². The van der Waals surface area contributed by atoms with E-state index in [1.165, 1.54) is 0 Å². The monoisotopic (exact) mass is 394 g/mol. The summed E-state index contributed by atoms with van der Waals surface area (Å²) in [7, 11) is 0. The Morgan fingerprint density at radius 3 is 2.19 bits per heavy atom. The van der Waals surface area contributed by atoms with Gasteiger partial charge in [-0.05, 0) is 56.0 Å². The Kier molecular flexibility index (Phi) is 6.22. The molecule has 0 spiro atoms. The van der Waals surface area contributed by atoms with E-state index in [2.05, 4.69) is 10.6 Å². The minimum atomic E-state index is -0.109. The van der Waals surface area contributed by atoms with Gasteiger partial charge in [-0.2, -0.15) is 0 Å².